The van der Waals surface area contributed by atoms with Gasteiger partial charge in [0, 0.05) is 17.7 Å². The molecule has 3 rings (SSSR count). The molecule has 0 radical (unpaired) electrons. The first-order chi connectivity index (χ1) is 8.59. The normalized spacial score (nSPS) is 11.3. The fourth-order valence-corrected chi connectivity index (χ4v) is 2.63. The number of rotatable bonds is 0. The summed E-state index contributed by atoms with van der Waals surface area (Å²) in [5.41, 5.74) is 1.52. The molecule has 0 aliphatic carbocycles. The van der Waals surface area contributed by atoms with Crippen LogP contribution in [0.3, 0.4) is 0 Å². The summed E-state index contributed by atoms with van der Waals surface area (Å²) >= 11 is 3.16. The summed E-state index contributed by atoms with van der Waals surface area (Å²) < 4.78 is 15.6. The molecular formula is C14H9BrFNO. The molecule has 0 N–H and O–H groups in total. The van der Waals surface area contributed by atoms with Crippen LogP contribution in [0.4, 0.5) is 4.39 Å². The monoisotopic (exact) mass is 305 g/mol. The minimum Gasteiger partial charge on any atom is -0.280 e. The summed E-state index contributed by atoms with van der Waals surface area (Å²) in [6, 6.07) is 10.6. The first-order valence-corrected chi connectivity index (χ1v) is 6.28. The van der Waals surface area contributed by atoms with Gasteiger partial charge in [0.15, 0.2) is 0 Å². The molecule has 0 saturated carbocycles. The summed E-state index contributed by atoms with van der Waals surface area (Å²) in [6.45, 7) is 1.50. The van der Waals surface area contributed by atoms with Crippen molar-refractivity contribution in [2.24, 2.45) is 0 Å². The fourth-order valence-electron chi connectivity index (χ4n) is 2.30. The van der Waals surface area contributed by atoms with Crippen molar-refractivity contribution in [3.8, 4) is 0 Å². The number of fused-ring (bicyclic) bond motifs is 3. The number of hydrogen-bond donors (Lipinski definition) is 0. The number of para-hydroxylation sites is 1. The highest BCUT2D eigenvalue weighted by Gasteiger charge is 2.15. The molecule has 2 aromatic carbocycles. The van der Waals surface area contributed by atoms with Crippen molar-refractivity contribution in [3.63, 3.8) is 0 Å². The van der Waals surface area contributed by atoms with E-state index in [0.29, 0.717) is 4.47 Å². The van der Waals surface area contributed by atoms with E-state index in [-0.39, 0.29) is 11.7 Å². The minimum absolute atomic E-state index is 0.0836. The third-order valence-electron chi connectivity index (χ3n) is 3.03. The smallest absolute Gasteiger partial charge is 0.228 e. The van der Waals surface area contributed by atoms with Gasteiger partial charge in [-0.2, -0.15) is 0 Å². The zero-order valence-electron chi connectivity index (χ0n) is 9.58. The Morgan fingerprint density at radius 2 is 1.89 bits per heavy atom. The average Bonchev–Trinajstić information content (AvgIpc) is 2.64. The van der Waals surface area contributed by atoms with Crippen molar-refractivity contribution < 1.29 is 9.18 Å². The molecule has 90 valence electrons. The Morgan fingerprint density at radius 3 is 2.61 bits per heavy atom. The Hall–Kier alpha value is -1.68. The van der Waals surface area contributed by atoms with Gasteiger partial charge in [-0.1, -0.05) is 18.2 Å². The maximum atomic E-state index is 13.6. The van der Waals surface area contributed by atoms with Gasteiger partial charge in [0.1, 0.15) is 5.82 Å². The van der Waals surface area contributed by atoms with E-state index < -0.39 is 0 Å². The van der Waals surface area contributed by atoms with Crippen LogP contribution in [0.5, 0.6) is 0 Å². The van der Waals surface area contributed by atoms with Gasteiger partial charge in [-0.05, 0) is 34.1 Å². The molecule has 1 heterocycles. The molecule has 0 aliphatic rings. The topological polar surface area (TPSA) is 22.0 Å². The van der Waals surface area contributed by atoms with Gasteiger partial charge >= 0.3 is 0 Å². The first kappa shape index (κ1) is 11.4. The summed E-state index contributed by atoms with van der Waals surface area (Å²) in [5.74, 6) is -0.409. The molecule has 1 aromatic heterocycles. The van der Waals surface area contributed by atoms with Crippen molar-refractivity contribution in [3.05, 3.63) is 46.7 Å². The number of aromatic nitrogens is 1. The molecule has 0 amide bonds. The van der Waals surface area contributed by atoms with E-state index in [9.17, 15) is 9.18 Å². The highest BCUT2D eigenvalue weighted by molar-refractivity contribution is 9.10. The molecule has 3 aromatic rings. The quantitative estimate of drug-likeness (QED) is 0.605. The summed E-state index contributed by atoms with van der Waals surface area (Å²) in [5, 5.41) is 1.63. The summed E-state index contributed by atoms with van der Waals surface area (Å²) in [7, 11) is 0. The van der Waals surface area contributed by atoms with Crippen LogP contribution < -0.4 is 0 Å². The molecule has 18 heavy (non-hydrogen) atoms. The van der Waals surface area contributed by atoms with Gasteiger partial charge in [0.2, 0.25) is 5.91 Å². The van der Waals surface area contributed by atoms with Crippen LogP contribution in [0.2, 0.25) is 0 Å². The Balaban J connectivity index is 2.62. The van der Waals surface area contributed by atoms with Crippen LogP contribution in [-0.4, -0.2) is 10.5 Å². The maximum absolute atomic E-state index is 13.6. The van der Waals surface area contributed by atoms with Crippen LogP contribution in [-0.2, 0) is 0 Å². The van der Waals surface area contributed by atoms with E-state index in [1.54, 1.807) is 10.6 Å². The van der Waals surface area contributed by atoms with E-state index in [1.807, 2.05) is 24.3 Å². The second-order valence-electron chi connectivity index (χ2n) is 4.16. The number of carbonyl (C=O) groups excluding carboxylic acids is 1. The van der Waals surface area contributed by atoms with E-state index in [4.69, 9.17) is 0 Å². The van der Waals surface area contributed by atoms with Crippen molar-refractivity contribution in [2.45, 2.75) is 6.92 Å². The highest BCUT2D eigenvalue weighted by atomic mass is 79.9. The number of carbonyl (C=O) groups is 1. The number of benzene rings is 2. The lowest BCUT2D eigenvalue weighted by Gasteiger charge is -2.02. The largest absolute Gasteiger partial charge is 0.280 e. The fraction of sp³-hybridized carbons (Fsp3) is 0.0714. The van der Waals surface area contributed by atoms with E-state index in [2.05, 4.69) is 15.9 Å². The second kappa shape index (κ2) is 3.92. The molecule has 2 nitrogen and oxygen atoms in total. The van der Waals surface area contributed by atoms with E-state index >= 15 is 0 Å². The van der Waals surface area contributed by atoms with Gasteiger partial charge in [-0.25, -0.2) is 4.39 Å². The zero-order valence-corrected chi connectivity index (χ0v) is 11.2. The van der Waals surface area contributed by atoms with Gasteiger partial charge in [0.05, 0.1) is 15.5 Å². The molecule has 0 spiro atoms. The molecule has 0 bridgehead atoms. The van der Waals surface area contributed by atoms with Gasteiger partial charge in [-0.15, -0.1) is 0 Å². The standard InChI is InChI=1S/C14H9BrFNO/c1-8(18)17-13-5-3-2-4-9(13)10-6-12(16)11(15)7-14(10)17/h2-7H,1H3. The molecule has 0 saturated heterocycles. The van der Waals surface area contributed by atoms with E-state index in [0.717, 1.165) is 21.8 Å². The molecule has 0 atom stereocenters. The summed E-state index contributed by atoms with van der Waals surface area (Å²) in [6.07, 6.45) is 0. The Morgan fingerprint density at radius 1 is 1.17 bits per heavy atom. The molecule has 0 fully saturated rings. The Labute approximate surface area is 111 Å². The number of halogens is 2. The number of nitrogens with zero attached hydrogens (tertiary/aromatic N) is 1. The van der Waals surface area contributed by atoms with Crippen LogP contribution in [0, 0.1) is 5.82 Å². The number of hydrogen-bond acceptors (Lipinski definition) is 1. The first-order valence-electron chi connectivity index (χ1n) is 5.48. The molecule has 0 aliphatic heterocycles. The summed E-state index contributed by atoms with van der Waals surface area (Å²) in [4.78, 5) is 11.8. The molecular weight excluding hydrogens is 297 g/mol. The van der Waals surface area contributed by atoms with Crippen LogP contribution >= 0.6 is 15.9 Å². The van der Waals surface area contributed by atoms with Crippen LogP contribution in [0.1, 0.15) is 11.7 Å². The van der Waals surface area contributed by atoms with Crippen molar-refractivity contribution in [1.82, 2.24) is 4.57 Å². The highest BCUT2D eigenvalue weighted by Crippen LogP contribution is 2.32. The molecule has 0 unspecified atom stereocenters. The zero-order chi connectivity index (χ0) is 12.9. The maximum Gasteiger partial charge on any atom is 0.228 e. The average molecular weight is 306 g/mol. The SMILES string of the molecule is CC(=O)n1c2ccccc2c2cc(F)c(Br)cc21. The van der Waals surface area contributed by atoms with Gasteiger partial charge < -0.3 is 0 Å². The predicted molar refractivity (Wildman–Crippen MR) is 73.4 cm³/mol. The van der Waals surface area contributed by atoms with Gasteiger partial charge in [0.25, 0.3) is 0 Å². The van der Waals surface area contributed by atoms with Crippen molar-refractivity contribution in [1.29, 1.82) is 0 Å². The second-order valence-corrected chi connectivity index (χ2v) is 5.01. The Bertz CT molecular complexity index is 791. The Kier molecular flexibility index (Phi) is 2.48. The van der Waals surface area contributed by atoms with Crippen molar-refractivity contribution >= 4 is 43.6 Å². The predicted octanol–water partition coefficient (Wildman–Crippen LogP) is 4.36. The lowest BCUT2D eigenvalue weighted by molar-refractivity contribution is 0.0946. The van der Waals surface area contributed by atoms with E-state index in [1.165, 1.54) is 13.0 Å². The van der Waals surface area contributed by atoms with Crippen LogP contribution in [0.15, 0.2) is 40.9 Å². The third-order valence-corrected chi connectivity index (χ3v) is 3.64. The lowest BCUT2D eigenvalue weighted by atomic mass is 10.1. The molecule has 4 heteroatoms. The third kappa shape index (κ3) is 1.49. The lowest BCUT2D eigenvalue weighted by Crippen LogP contribution is -2.04. The van der Waals surface area contributed by atoms with Crippen molar-refractivity contribution in [2.75, 3.05) is 0 Å². The van der Waals surface area contributed by atoms with Gasteiger partial charge in [-0.3, -0.25) is 9.36 Å². The van der Waals surface area contributed by atoms with Crippen LogP contribution in [0.25, 0.3) is 21.8 Å². The minimum atomic E-state index is -0.325.